The Hall–Kier alpha value is -1.81. The highest BCUT2D eigenvalue weighted by Crippen LogP contribution is 2.28. The molecule has 0 radical (unpaired) electrons. The molecule has 5 rings (SSSR count). The minimum absolute atomic E-state index is 0.286. The summed E-state index contributed by atoms with van der Waals surface area (Å²) in [6.45, 7) is 2.98. The van der Waals surface area contributed by atoms with E-state index in [4.69, 9.17) is 0 Å². The third-order valence-electron chi connectivity index (χ3n) is 5.66. The molecule has 3 aliphatic heterocycles. The number of carbonyl (C=O) groups excluding carboxylic acids is 1. The summed E-state index contributed by atoms with van der Waals surface area (Å²) in [5, 5.41) is 1.21. The number of nitrogens with zero attached hydrogens (tertiary/aromatic N) is 3. The van der Waals surface area contributed by atoms with Gasteiger partial charge in [-0.3, -0.25) is 4.79 Å². The van der Waals surface area contributed by atoms with Gasteiger partial charge in [-0.1, -0.05) is 18.2 Å². The summed E-state index contributed by atoms with van der Waals surface area (Å²) in [7, 11) is 4.26. The van der Waals surface area contributed by atoms with E-state index in [9.17, 15) is 4.79 Å². The SMILES string of the molecule is CN1CC2CCC1CN(C(=O)Cc1cn(C)c3ccccc13)C2. The second kappa shape index (κ2) is 5.68. The average molecular weight is 311 g/mol. The maximum absolute atomic E-state index is 12.9. The van der Waals surface area contributed by atoms with Crippen LogP contribution < -0.4 is 0 Å². The second-order valence-corrected chi connectivity index (χ2v) is 7.29. The van der Waals surface area contributed by atoms with E-state index in [1.165, 1.54) is 23.7 Å². The molecule has 2 aromatic rings. The van der Waals surface area contributed by atoms with Crippen molar-refractivity contribution in [1.29, 1.82) is 0 Å². The van der Waals surface area contributed by atoms with Gasteiger partial charge in [0.05, 0.1) is 6.42 Å². The van der Waals surface area contributed by atoms with Crippen LogP contribution in [-0.4, -0.2) is 53.0 Å². The molecule has 2 bridgehead atoms. The average Bonchev–Trinajstić information content (AvgIpc) is 2.70. The van der Waals surface area contributed by atoms with Gasteiger partial charge in [-0.15, -0.1) is 0 Å². The summed E-state index contributed by atoms with van der Waals surface area (Å²) < 4.78 is 2.12. The van der Waals surface area contributed by atoms with Crippen molar-refractivity contribution < 1.29 is 4.79 Å². The van der Waals surface area contributed by atoms with Crippen LogP contribution in [0.5, 0.6) is 0 Å². The standard InChI is InChI=1S/C19H25N3O/c1-20-10-14-7-8-16(20)13-22(11-14)19(23)9-15-12-21(2)18-6-4-3-5-17(15)18/h3-6,12,14,16H,7-11,13H2,1-2H3. The number of hydrogen-bond donors (Lipinski definition) is 0. The van der Waals surface area contributed by atoms with E-state index in [0.29, 0.717) is 18.4 Å². The Morgan fingerprint density at radius 3 is 2.78 bits per heavy atom. The highest BCUT2D eigenvalue weighted by Gasteiger charge is 2.34. The minimum Gasteiger partial charge on any atom is -0.350 e. The van der Waals surface area contributed by atoms with Crippen LogP contribution in [0.1, 0.15) is 18.4 Å². The van der Waals surface area contributed by atoms with Crippen LogP contribution in [0.4, 0.5) is 0 Å². The first-order valence-electron chi connectivity index (χ1n) is 8.63. The molecule has 4 nitrogen and oxygen atoms in total. The van der Waals surface area contributed by atoms with Gasteiger partial charge in [-0.25, -0.2) is 0 Å². The Balaban J connectivity index is 1.55. The van der Waals surface area contributed by atoms with Crippen molar-refractivity contribution in [2.24, 2.45) is 13.0 Å². The van der Waals surface area contributed by atoms with Gasteiger partial charge in [-0.2, -0.15) is 0 Å². The molecule has 2 atom stereocenters. The van der Waals surface area contributed by atoms with Gasteiger partial charge in [0.2, 0.25) is 5.91 Å². The van der Waals surface area contributed by atoms with Crippen molar-refractivity contribution in [3.8, 4) is 0 Å². The largest absolute Gasteiger partial charge is 0.350 e. The molecular formula is C19H25N3O. The van der Waals surface area contributed by atoms with Gasteiger partial charge < -0.3 is 14.4 Å². The Morgan fingerprint density at radius 2 is 1.96 bits per heavy atom. The third kappa shape index (κ3) is 2.65. The smallest absolute Gasteiger partial charge is 0.227 e. The normalized spacial score (nSPS) is 25.0. The number of amides is 1. The molecule has 3 saturated heterocycles. The highest BCUT2D eigenvalue weighted by molar-refractivity contribution is 5.89. The lowest BCUT2D eigenvalue weighted by Gasteiger charge is -2.32. The second-order valence-electron chi connectivity index (χ2n) is 7.29. The van der Waals surface area contributed by atoms with Crippen LogP contribution in [0.3, 0.4) is 0 Å². The van der Waals surface area contributed by atoms with E-state index in [1.807, 2.05) is 0 Å². The number of benzene rings is 1. The Labute approximate surface area is 137 Å². The quantitative estimate of drug-likeness (QED) is 0.851. The van der Waals surface area contributed by atoms with Crippen molar-refractivity contribution >= 4 is 16.8 Å². The van der Waals surface area contributed by atoms with Crippen molar-refractivity contribution in [2.45, 2.75) is 25.3 Å². The van der Waals surface area contributed by atoms with E-state index in [2.05, 4.69) is 58.9 Å². The first-order valence-corrected chi connectivity index (χ1v) is 8.63. The first kappa shape index (κ1) is 14.8. The number of piperidine rings is 1. The monoisotopic (exact) mass is 311 g/mol. The molecule has 2 unspecified atom stereocenters. The van der Waals surface area contributed by atoms with Crippen LogP contribution >= 0.6 is 0 Å². The summed E-state index contributed by atoms with van der Waals surface area (Å²) >= 11 is 0. The zero-order chi connectivity index (χ0) is 16.0. The zero-order valence-electron chi connectivity index (χ0n) is 14.0. The lowest BCUT2D eigenvalue weighted by Crippen LogP contribution is -2.42. The molecule has 0 saturated carbocycles. The van der Waals surface area contributed by atoms with Crippen LogP contribution in [-0.2, 0) is 18.3 Å². The first-order chi connectivity index (χ1) is 11.1. The van der Waals surface area contributed by atoms with E-state index < -0.39 is 0 Å². The Morgan fingerprint density at radius 1 is 1.13 bits per heavy atom. The molecule has 0 aliphatic carbocycles. The fourth-order valence-electron chi connectivity index (χ4n) is 4.36. The Bertz CT molecular complexity index is 735. The van der Waals surface area contributed by atoms with E-state index >= 15 is 0 Å². The van der Waals surface area contributed by atoms with Crippen molar-refractivity contribution in [3.63, 3.8) is 0 Å². The highest BCUT2D eigenvalue weighted by atomic mass is 16.2. The molecule has 1 aromatic carbocycles. The molecule has 0 spiro atoms. The van der Waals surface area contributed by atoms with E-state index in [1.54, 1.807) is 0 Å². The summed E-state index contributed by atoms with van der Waals surface area (Å²) in [6.07, 6.45) is 5.14. The number of hydrogen-bond acceptors (Lipinski definition) is 2. The number of likely N-dealkylation sites (N-methyl/N-ethyl adjacent to an activating group) is 1. The molecule has 3 aliphatic rings. The van der Waals surface area contributed by atoms with Crippen molar-refractivity contribution in [1.82, 2.24) is 14.4 Å². The molecule has 1 amide bonds. The predicted molar refractivity (Wildman–Crippen MR) is 92.3 cm³/mol. The maximum Gasteiger partial charge on any atom is 0.227 e. The molecule has 122 valence electrons. The number of fused-ring (bicyclic) bond motifs is 5. The Kier molecular flexibility index (Phi) is 3.64. The molecular weight excluding hydrogens is 286 g/mol. The zero-order valence-corrected chi connectivity index (χ0v) is 14.0. The predicted octanol–water partition coefficient (Wildman–Crippen LogP) is 2.27. The molecule has 1 aromatic heterocycles. The van der Waals surface area contributed by atoms with E-state index in [0.717, 1.165) is 25.2 Å². The van der Waals surface area contributed by atoms with Crippen LogP contribution in [0.15, 0.2) is 30.5 Å². The van der Waals surface area contributed by atoms with Crippen LogP contribution in [0, 0.1) is 5.92 Å². The van der Waals surface area contributed by atoms with Gasteiger partial charge in [0.1, 0.15) is 0 Å². The van der Waals surface area contributed by atoms with Crippen LogP contribution in [0.2, 0.25) is 0 Å². The number of aryl methyl sites for hydroxylation is 1. The van der Waals surface area contributed by atoms with Gasteiger partial charge in [0.15, 0.2) is 0 Å². The summed E-state index contributed by atoms with van der Waals surface area (Å²) in [5.41, 5.74) is 2.35. The van der Waals surface area contributed by atoms with E-state index in [-0.39, 0.29) is 5.91 Å². The fourth-order valence-corrected chi connectivity index (χ4v) is 4.36. The number of carbonyl (C=O) groups is 1. The number of rotatable bonds is 2. The summed E-state index contributed by atoms with van der Waals surface area (Å²) in [5.74, 6) is 0.934. The third-order valence-corrected chi connectivity index (χ3v) is 5.66. The molecule has 0 N–H and O–H groups in total. The summed E-state index contributed by atoms with van der Waals surface area (Å²) in [6, 6.07) is 8.89. The molecule has 3 fully saturated rings. The number of aromatic nitrogens is 1. The minimum atomic E-state index is 0.286. The molecule has 23 heavy (non-hydrogen) atoms. The molecule has 4 heteroatoms. The lowest BCUT2D eigenvalue weighted by molar-refractivity contribution is -0.130. The van der Waals surface area contributed by atoms with Crippen molar-refractivity contribution in [3.05, 3.63) is 36.0 Å². The topological polar surface area (TPSA) is 28.5 Å². The van der Waals surface area contributed by atoms with Gasteiger partial charge in [-0.05, 0) is 37.4 Å². The van der Waals surface area contributed by atoms with Gasteiger partial charge >= 0.3 is 0 Å². The summed E-state index contributed by atoms with van der Waals surface area (Å²) in [4.78, 5) is 17.5. The fraction of sp³-hybridized carbons (Fsp3) is 0.526. The van der Waals surface area contributed by atoms with Crippen LogP contribution in [0.25, 0.3) is 10.9 Å². The number of para-hydroxylation sites is 1. The molecule has 4 heterocycles. The van der Waals surface area contributed by atoms with Gasteiger partial charge in [0.25, 0.3) is 0 Å². The van der Waals surface area contributed by atoms with Gasteiger partial charge in [0, 0.05) is 49.8 Å². The lowest BCUT2D eigenvalue weighted by atomic mass is 9.96. The van der Waals surface area contributed by atoms with Crippen molar-refractivity contribution in [2.75, 3.05) is 26.7 Å². The maximum atomic E-state index is 12.9.